The first-order valence-corrected chi connectivity index (χ1v) is 6.04. The van der Waals surface area contributed by atoms with Gasteiger partial charge in [0.15, 0.2) is 11.3 Å². The summed E-state index contributed by atoms with van der Waals surface area (Å²) < 4.78 is 10.3. The molecule has 0 saturated carbocycles. The van der Waals surface area contributed by atoms with Crippen LogP contribution < -0.4 is 4.74 Å². The van der Waals surface area contributed by atoms with E-state index in [1.165, 1.54) is 5.55 Å². The zero-order valence-electron chi connectivity index (χ0n) is 10.1. The number of benzene rings is 1. The van der Waals surface area contributed by atoms with E-state index in [2.05, 4.69) is 4.98 Å². The van der Waals surface area contributed by atoms with Gasteiger partial charge in [0.1, 0.15) is 0 Å². The van der Waals surface area contributed by atoms with Crippen molar-refractivity contribution in [1.82, 2.24) is 4.98 Å². The molecule has 0 atom stereocenters. The lowest BCUT2D eigenvalue weighted by Gasteiger charge is -2.02. The van der Waals surface area contributed by atoms with Crippen LogP contribution in [0.2, 0.25) is 0 Å². The minimum atomic E-state index is -0.341. The van der Waals surface area contributed by atoms with Gasteiger partial charge >= 0.3 is 5.97 Å². The van der Waals surface area contributed by atoms with Crippen LogP contribution in [0, 0.1) is 6.92 Å². The second kappa shape index (κ2) is 5.18. The van der Waals surface area contributed by atoms with E-state index in [4.69, 9.17) is 21.7 Å². The van der Waals surface area contributed by atoms with Crippen molar-refractivity contribution in [2.45, 2.75) is 13.8 Å². The van der Waals surface area contributed by atoms with Gasteiger partial charge in [-0.2, -0.15) is 0 Å². The van der Waals surface area contributed by atoms with Crippen molar-refractivity contribution in [2.24, 2.45) is 0 Å². The molecule has 0 spiro atoms. The number of rotatable bonds is 4. The van der Waals surface area contributed by atoms with Gasteiger partial charge in [-0.1, -0.05) is 0 Å². The van der Waals surface area contributed by atoms with Gasteiger partial charge < -0.3 is 14.5 Å². The number of carbonyl (C=O) groups is 1. The van der Waals surface area contributed by atoms with E-state index in [9.17, 15) is 4.79 Å². The Balaban J connectivity index is 2.51. The lowest BCUT2D eigenvalue weighted by atomic mass is 10.1. The maximum Gasteiger partial charge on any atom is 0.338 e. The van der Waals surface area contributed by atoms with E-state index in [0.29, 0.717) is 17.9 Å². The summed E-state index contributed by atoms with van der Waals surface area (Å²) in [5, 5.41) is 0.819. The summed E-state index contributed by atoms with van der Waals surface area (Å²) in [4.78, 5) is 14.8. The number of fused-ring (bicyclic) bond motifs is 1. The average Bonchev–Trinajstić information content (AvgIpc) is 2.66. The van der Waals surface area contributed by atoms with Crippen LogP contribution in [0.1, 0.15) is 23.0 Å². The molecule has 1 aromatic heterocycles. The minimum Gasteiger partial charge on any atom is -0.462 e. The van der Waals surface area contributed by atoms with Gasteiger partial charge in [-0.05, 0) is 44.3 Å². The molecule has 2 aromatic rings. The monoisotopic (exact) mass is 263 g/mol. The van der Waals surface area contributed by atoms with Gasteiger partial charge in [-0.25, -0.2) is 4.79 Å². The molecule has 0 aliphatic rings. The van der Waals surface area contributed by atoms with Gasteiger partial charge in [0, 0.05) is 10.9 Å². The van der Waals surface area contributed by atoms with Crippen molar-refractivity contribution in [3.05, 3.63) is 29.5 Å². The van der Waals surface area contributed by atoms with Crippen molar-refractivity contribution in [3.8, 4) is 5.75 Å². The fraction of sp³-hybridized carbons (Fsp3) is 0.231. The number of hydrogen-bond donors (Lipinski definition) is 1. The van der Waals surface area contributed by atoms with E-state index in [-0.39, 0.29) is 5.97 Å². The highest BCUT2D eigenvalue weighted by atomic mass is 32.1. The molecule has 0 saturated heterocycles. The van der Waals surface area contributed by atoms with Crippen molar-refractivity contribution in [2.75, 3.05) is 6.61 Å². The Hall–Kier alpha value is -1.88. The fourth-order valence-corrected chi connectivity index (χ4v) is 1.94. The third kappa shape index (κ3) is 2.22. The number of nitrogens with one attached hydrogen (secondary N) is 1. The number of thiocarbonyl (C=S) groups is 1. The van der Waals surface area contributed by atoms with E-state index in [1.807, 2.05) is 13.0 Å². The number of H-pyrrole nitrogens is 1. The fourth-order valence-electron chi connectivity index (χ4n) is 1.84. The average molecular weight is 263 g/mol. The molecule has 0 aliphatic carbocycles. The second-order valence-corrected chi connectivity index (χ2v) is 3.97. The number of carbonyl (C=O) groups excluding carboxylic acids is 1. The molecule has 94 valence electrons. The SMILES string of the molecule is CCOC(=O)c1ccc2[nH]c(C)c(OC=S)c2c1. The summed E-state index contributed by atoms with van der Waals surface area (Å²) in [7, 11) is 0. The Bertz CT molecular complexity index is 604. The molecule has 1 aromatic carbocycles. The highest BCUT2D eigenvalue weighted by Crippen LogP contribution is 2.30. The van der Waals surface area contributed by atoms with Crippen LogP contribution in [-0.2, 0) is 4.74 Å². The molecule has 1 N–H and O–H groups in total. The van der Waals surface area contributed by atoms with Crippen LogP contribution in [0.5, 0.6) is 5.75 Å². The number of aryl methyl sites for hydroxylation is 1. The zero-order chi connectivity index (χ0) is 13.1. The number of aromatic amines is 1. The smallest absolute Gasteiger partial charge is 0.338 e. The molecule has 0 aliphatic heterocycles. The highest BCUT2D eigenvalue weighted by molar-refractivity contribution is 7.78. The molecule has 0 bridgehead atoms. The molecule has 0 radical (unpaired) electrons. The van der Waals surface area contributed by atoms with Gasteiger partial charge in [0.25, 0.3) is 0 Å². The topological polar surface area (TPSA) is 51.3 Å². The summed E-state index contributed by atoms with van der Waals surface area (Å²) in [5.74, 6) is 0.303. The molecular formula is C13H13NO3S. The predicted molar refractivity (Wildman–Crippen MR) is 73.3 cm³/mol. The minimum absolute atomic E-state index is 0.341. The van der Waals surface area contributed by atoms with Gasteiger partial charge in [-0.3, -0.25) is 0 Å². The summed E-state index contributed by atoms with van der Waals surface area (Å²) in [6.07, 6.45) is 0. The summed E-state index contributed by atoms with van der Waals surface area (Å²) in [6.45, 7) is 4.02. The quantitative estimate of drug-likeness (QED) is 0.680. The second-order valence-electron chi connectivity index (χ2n) is 3.77. The van der Waals surface area contributed by atoms with E-state index >= 15 is 0 Å². The molecular weight excluding hydrogens is 250 g/mol. The zero-order valence-corrected chi connectivity index (χ0v) is 11.0. The van der Waals surface area contributed by atoms with Gasteiger partial charge in [0.2, 0.25) is 0 Å². The van der Waals surface area contributed by atoms with E-state index in [0.717, 1.165) is 16.6 Å². The lowest BCUT2D eigenvalue weighted by Crippen LogP contribution is -2.04. The van der Waals surface area contributed by atoms with E-state index < -0.39 is 0 Å². The summed E-state index contributed by atoms with van der Waals surface area (Å²) in [6, 6.07) is 5.28. The number of esters is 1. The van der Waals surface area contributed by atoms with Crippen molar-refractivity contribution in [3.63, 3.8) is 0 Å². The maximum atomic E-state index is 11.7. The van der Waals surface area contributed by atoms with Crippen LogP contribution in [0.25, 0.3) is 10.9 Å². The molecule has 0 unspecified atom stereocenters. The summed E-state index contributed by atoms with van der Waals surface area (Å²) >= 11 is 4.70. The Labute approximate surface area is 110 Å². The Kier molecular flexibility index (Phi) is 3.62. The first kappa shape index (κ1) is 12.6. The Morgan fingerprint density at radius 2 is 2.28 bits per heavy atom. The number of hydrogen-bond acceptors (Lipinski definition) is 4. The van der Waals surface area contributed by atoms with Crippen LogP contribution in [-0.4, -0.2) is 23.1 Å². The first-order valence-electron chi connectivity index (χ1n) is 5.57. The Morgan fingerprint density at radius 1 is 1.50 bits per heavy atom. The summed E-state index contributed by atoms with van der Waals surface area (Å²) in [5.41, 5.74) is 3.46. The van der Waals surface area contributed by atoms with Crippen molar-refractivity contribution < 1.29 is 14.3 Å². The van der Waals surface area contributed by atoms with Crippen LogP contribution in [0.3, 0.4) is 0 Å². The van der Waals surface area contributed by atoms with Crippen molar-refractivity contribution in [1.29, 1.82) is 0 Å². The van der Waals surface area contributed by atoms with Gasteiger partial charge in [0.05, 0.1) is 17.9 Å². The molecule has 0 fully saturated rings. The van der Waals surface area contributed by atoms with Crippen molar-refractivity contribution >= 4 is 34.6 Å². The van der Waals surface area contributed by atoms with Crippen LogP contribution in [0.15, 0.2) is 18.2 Å². The predicted octanol–water partition coefficient (Wildman–Crippen LogP) is 2.99. The lowest BCUT2D eigenvalue weighted by molar-refractivity contribution is 0.0526. The standard InChI is InChI=1S/C13H13NO3S/c1-3-16-13(15)9-4-5-11-10(6-9)12(17-7-18)8(2)14-11/h4-7,14H,3H2,1-2H3. The molecule has 1 heterocycles. The van der Waals surface area contributed by atoms with Crippen LogP contribution >= 0.6 is 12.2 Å². The molecule has 0 amide bonds. The van der Waals surface area contributed by atoms with E-state index in [1.54, 1.807) is 19.1 Å². The number of aromatic nitrogens is 1. The third-order valence-corrected chi connectivity index (χ3v) is 2.70. The van der Waals surface area contributed by atoms with Crippen LogP contribution in [0.4, 0.5) is 0 Å². The normalized spacial score (nSPS) is 10.3. The molecule has 5 heteroatoms. The highest BCUT2D eigenvalue weighted by Gasteiger charge is 2.13. The number of ether oxygens (including phenoxy) is 2. The van der Waals surface area contributed by atoms with Gasteiger partial charge in [-0.15, -0.1) is 0 Å². The molecule has 4 nitrogen and oxygen atoms in total. The maximum absolute atomic E-state index is 11.7. The Morgan fingerprint density at radius 3 is 2.94 bits per heavy atom. The molecule has 2 rings (SSSR count). The largest absolute Gasteiger partial charge is 0.462 e. The molecule has 18 heavy (non-hydrogen) atoms. The first-order chi connectivity index (χ1) is 8.67. The third-order valence-electron chi connectivity index (χ3n) is 2.60.